The van der Waals surface area contributed by atoms with Gasteiger partial charge in [-0.3, -0.25) is 9.59 Å². The van der Waals surface area contributed by atoms with Gasteiger partial charge in [0.2, 0.25) is 11.9 Å². The van der Waals surface area contributed by atoms with Crippen LogP contribution in [0.1, 0.15) is 0 Å². The molecule has 0 aromatic rings. The number of carbonyl (C=O) groups is 3. The number of ether oxygens (including phenoxy) is 1. The second-order valence-electron chi connectivity index (χ2n) is 2.24. The number of hydrogen-bond acceptors (Lipinski definition) is 4. The normalized spacial score (nSPS) is 22.6. The number of hydrogen-bond donors (Lipinski definition) is 2. The molecule has 1 aliphatic rings. The van der Waals surface area contributed by atoms with E-state index in [1.165, 1.54) is 0 Å². The van der Waals surface area contributed by atoms with Crippen LogP contribution in [0.3, 0.4) is 0 Å². The molecule has 1 fully saturated rings. The van der Waals surface area contributed by atoms with Crippen LogP contribution in [0.5, 0.6) is 0 Å². The first-order chi connectivity index (χ1) is 5.65. The fourth-order valence-corrected chi connectivity index (χ4v) is 0.831. The summed E-state index contributed by atoms with van der Waals surface area (Å²) in [4.78, 5) is 32.4. The van der Waals surface area contributed by atoms with Crippen molar-refractivity contribution in [2.75, 3.05) is 13.7 Å². The van der Waals surface area contributed by atoms with E-state index in [1.54, 1.807) is 0 Å². The van der Waals surface area contributed by atoms with Crippen LogP contribution in [0.15, 0.2) is 0 Å². The quantitative estimate of drug-likeness (QED) is 0.346. The van der Waals surface area contributed by atoms with E-state index in [0.29, 0.717) is 0 Å². The SMILES string of the molecule is COC(=O)[C@@H]1NC(=O)CNC1=O. The van der Waals surface area contributed by atoms with E-state index in [1.807, 2.05) is 0 Å². The molecule has 2 amide bonds. The molecule has 0 saturated carbocycles. The standard InChI is InChI=1S/C6H8N2O4/c1-12-6(11)4-5(10)7-2-3(9)8-4/h4H,2H2,1H3,(H,7,10)(H,8,9)/t4-/m1/s1. The molecule has 1 rings (SSSR count). The van der Waals surface area contributed by atoms with Crippen LogP contribution in [-0.2, 0) is 19.1 Å². The molecule has 1 saturated heterocycles. The van der Waals surface area contributed by atoms with E-state index >= 15 is 0 Å². The van der Waals surface area contributed by atoms with Crippen LogP contribution < -0.4 is 10.6 Å². The molecule has 1 atom stereocenters. The van der Waals surface area contributed by atoms with Gasteiger partial charge >= 0.3 is 5.97 Å². The summed E-state index contributed by atoms with van der Waals surface area (Å²) in [6.07, 6.45) is 0. The average Bonchev–Trinajstić information content (AvgIpc) is 2.08. The van der Waals surface area contributed by atoms with Crippen molar-refractivity contribution in [2.24, 2.45) is 0 Å². The lowest BCUT2D eigenvalue weighted by Gasteiger charge is -2.20. The van der Waals surface area contributed by atoms with Crippen molar-refractivity contribution in [3.63, 3.8) is 0 Å². The van der Waals surface area contributed by atoms with Gasteiger partial charge in [0.1, 0.15) is 0 Å². The number of piperazine rings is 1. The van der Waals surface area contributed by atoms with Crippen molar-refractivity contribution in [1.82, 2.24) is 10.6 Å². The minimum Gasteiger partial charge on any atom is -0.467 e. The molecular weight excluding hydrogens is 164 g/mol. The maximum absolute atomic E-state index is 10.9. The third-order valence-corrected chi connectivity index (χ3v) is 1.43. The first kappa shape index (κ1) is 8.51. The molecule has 2 N–H and O–H groups in total. The Kier molecular flexibility index (Phi) is 2.27. The topological polar surface area (TPSA) is 84.5 Å². The predicted octanol–water partition coefficient (Wildman–Crippen LogP) is -2.23. The van der Waals surface area contributed by atoms with Crippen LogP contribution in [0.4, 0.5) is 0 Å². The van der Waals surface area contributed by atoms with Gasteiger partial charge in [0, 0.05) is 0 Å². The molecule has 1 heterocycles. The highest BCUT2D eigenvalue weighted by Crippen LogP contribution is 1.92. The molecule has 6 heteroatoms. The Hall–Kier alpha value is -1.59. The van der Waals surface area contributed by atoms with Crippen molar-refractivity contribution in [1.29, 1.82) is 0 Å². The summed E-state index contributed by atoms with van der Waals surface area (Å²) in [5.74, 6) is -1.70. The predicted molar refractivity (Wildman–Crippen MR) is 37.0 cm³/mol. The Bertz CT molecular complexity index is 230. The summed E-state index contributed by atoms with van der Waals surface area (Å²) in [6, 6.07) is -1.20. The molecule has 0 aliphatic carbocycles. The second kappa shape index (κ2) is 3.21. The molecule has 66 valence electrons. The highest BCUT2D eigenvalue weighted by atomic mass is 16.5. The zero-order valence-electron chi connectivity index (χ0n) is 6.42. The number of esters is 1. The molecule has 0 spiro atoms. The molecule has 0 radical (unpaired) electrons. The molecule has 0 aromatic carbocycles. The Labute approximate surface area is 68.3 Å². The zero-order valence-corrected chi connectivity index (χ0v) is 6.42. The van der Waals surface area contributed by atoms with Gasteiger partial charge in [-0.05, 0) is 0 Å². The summed E-state index contributed by atoms with van der Waals surface area (Å²) in [5, 5.41) is 4.44. The third kappa shape index (κ3) is 1.52. The number of methoxy groups -OCH3 is 1. The van der Waals surface area contributed by atoms with Crippen LogP contribution >= 0.6 is 0 Å². The van der Waals surface area contributed by atoms with Gasteiger partial charge in [-0.15, -0.1) is 0 Å². The first-order valence-electron chi connectivity index (χ1n) is 3.30. The molecule has 0 aromatic heterocycles. The maximum Gasteiger partial charge on any atom is 0.338 e. The Morgan fingerprint density at radius 2 is 2.25 bits per heavy atom. The Balaban J connectivity index is 2.67. The lowest BCUT2D eigenvalue weighted by molar-refractivity contribution is -0.151. The molecule has 12 heavy (non-hydrogen) atoms. The molecule has 6 nitrogen and oxygen atoms in total. The minimum atomic E-state index is -1.20. The minimum absolute atomic E-state index is 0.0909. The Morgan fingerprint density at radius 3 is 2.83 bits per heavy atom. The maximum atomic E-state index is 10.9. The highest BCUT2D eigenvalue weighted by Gasteiger charge is 2.32. The van der Waals surface area contributed by atoms with Crippen molar-refractivity contribution >= 4 is 17.8 Å². The van der Waals surface area contributed by atoms with Gasteiger partial charge in [0.05, 0.1) is 13.7 Å². The van der Waals surface area contributed by atoms with Gasteiger partial charge < -0.3 is 15.4 Å². The number of carbonyl (C=O) groups excluding carboxylic acids is 3. The molecule has 0 bridgehead atoms. The Morgan fingerprint density at radius 1 is 1.58 bits per heavy atom. The van der Waals surface area contributed by atoms with E-state index in [4.69, 9.17) is 0 Å². The van der Waals surface area contributed by atoms with Crippen molar-refractivity contribution in [3.05, 3.63) is 0 Å². The number of nitrogens with one attached hydrogen (secondary N) is 2. The number of rotatable bonds is 1. The highest BCUT2D eigenvalue weighted by molar-refractivity contribution is 6.08. The van der Waals surface area contributed by atoms with Gasteiger partial charge in [-0.1, -0.05) is 0 Å². The van der Waals surface area contributed by atoms with Crippen LogP contribution in [0.2, 0.25) is 0 Å². The lowest BCUT2D eigenvalue weighted by Crippen LogP contribution is -2.59. The van der Waals surface area contributed by atoms with Gasteiger partial charge in [-0.2, -0.15) is 0 Å². The lowest BCUT2D eigenvalue weighted by atomic mass is 10.2. The fraction of sp³-hybridized carbons (Fsp3) is 0.500. The molecule has 1 aliphatic heterocycles. The van der Waals surface area contributed by atoms with E-state index in [-0.39, 0.29) is 6.54 Å². The summed E-state index contributed by atoms with van der Waals surface area (Å²) >= 11 is 0. The fourth-order valence-electron chi connectivity index (χ4n) is 0.831. The van der Waals surface area contributed by atoms with Crippen LogP contribution in [0.25, 0.3) is 0 Å². The van der Waals surface area contributed by atoms with Crippen LogP contribution in [-0.4, -0.2) is 37.5 Å². The van der Waals surface area contributed by atoms with Crippen molar-refractivity contribution < 1.29 is 19.1 Å². The smallest absolute Gasteiger partial charge is 0.338 e. The first-order valence-corrected chi connectivity index (χ1v) is 3.30. The molecule has 0 unspecified atom stereocenters. The monoisotopic (exact) mass is 172 g/mol. The zero-order chi connectivity index (χ0) is 9.14. The number of amides is 2. The van der Waals surface area contributed by atoms with Gasteiger partial charge in [0.15, 0.2) is 0 Å². The summed E-state index contributed by atoms with van der Waals surface area (Å²) in [7, 11) is 1.15. The summed E-state index contributed by atoms with van der Waals surface area (Å²) in [5.41, 5.74) is 0. The van der Waals surface area contributed by atoms with E-state index < -0.39 is 23.8 Å². The van der Waals surface area contributed by atoms with Crippen LogP contribution in [0, 0.1) is 0 Å². The van der Waals surface area contributed by atoms with Gasteiger partial charge in [0.25, 0.3) is 5.91 Å². The average molecular weight is 172 g/mol. The van der Waals surface area contributed by atoms with Crippen molar-refractivity contribution in [2.45, 2.75) is 6.04 Å². The van der Waals surface area contributed by atoms with Crippen molar-refractivity contribution in [3.8, 4) is 0 Å². The summed E-state index contributed by atoms with van der Waals surface area (Å²) < 4.78 is 4.29. The van der Waals surface area contributed by atoms with Gasteiger partial charge in [-0.25, -0.2) is 4.79 Å². The molecular formula is C6H8N2O4. The second-order valence-corrected chi connectivity index (χ2v) is 2.24. The van der Waals surface area contributed by atoms with E-state index in [9.17, 15) is 14.4 Å². The summed E-state index contributed by atoms with van der Waals surface area (Å²) in [6.45, 7) is -0.0909. The largest absolute Gasteiger partial charge is 0.467 e. The van der Waals surface area contributed by atoms with E-state index in [2.05, 4.69) is 15.4 Å². The van der Waals surface area contributed by atoms with E-state index in [0.717, 1.165) is 7.11 Å². The third-order valence-electron chi connectivity index (χ3n) is 1.43.